The van der Waals surface area contributed by atoms with Crippen molar-refractivity contribution in [2.45, 2.75) is 50.4 Å². The van der Waals surface area contributed by atoms with Gasteiger partial charge in [-0.05, 0) is 53.7 Å². The van der Waals surface area contributed by atoms with Crippen LogP contribution in [0.2, 0.25) is 0 Å². The standard InChI is InChI=1S/C13H18BrN3/c14-9-1-2-11(16-7-9)8-17-12-3-4-13(17)6-10(15)5-12/h1-2,7,10,12-13H,3-6,8,15H2. The molecule has 0 radical (unpaired) electrons. The van der Waals surface area contributed by atoms with E-state index < -0.39 is 0 Å². The molecule has 0 aromatic carbocycles. The second kappa shape index (κ2) is 4.67. The molecule has 0 amide bonds. The SMILES string of the molecule is NC1CC2CCC(C1)N2Cc1ccc(Br)cn1. The number of nitrogens with zero attached hydrogens (tertiary/aromatic N) is 2. The first-order valence-electron chi connectivity index (χ1n) is 6.34. The van der Waals surface area contributed by atoms with Crippen molar-refractivity contribution in [2.24, 2.45) is 5.73 Å². The summed E-state index contributed by atoms with van der Waals surface area (Å²) in [6.07, 6.45) is 6.83. The van der Waals surface area contributed by atoms with Crippen molar-refractivity contribution in [1.82, 2.24) is 9.88 Å². The number of hydrogen-bond acceptors (Lipinski definition) is 3. The van der Waals surface area contributed by atoms with Crippen LogP contribution in [-0.2, 0) is 6.54 Å². The number of rotatable bonds is 2. The fourth-order valence-corrected chi connectivity index (χ4v) is 3.50. The molecule has 1 aromatic heterocycles. The van der Waals surface area contributed by atoms with Crippen molar-refractivity contribution in [3.63, 3.8) is 0 Å². The Labute approximate surface area is 111 Å². The number of nitrogens with two attached hydrogens (primary N) is 1. The predicted molar refractivity (Wildman–Crippen MR) is 71.5 cm³/mol. The second-order valence-electron chi connectivity index (χ2n) is 5.26. The summed E-state index contributed by atoms with van der Waals surface area (Å²) in [6.45, 7) is 0.981. The molecule has 4 heteroatoms. The Bertz CT molecular complexity index is 378. The quantitative estimate of drug-likeness (QED) is 0.910. The molecule has 0 aliphatic carbocycles. The van der Waals surface area contributed by atoms with Crippen LogP contribution in [0.5, 0.6) is 0 Å². The van der Waals surface area contributed by atoms with Gasteiger partial charge >= 0.3 is 0 Å². The number of pyridine rings is 1. The highest BCUT2D eigenvalue weighted by atomic mass is 79.9. The van der Waals surface area contributed by atoms with Crippen molar-refractivity contribution in [3.05, 3.63) is 28.5 Å². The predicted octanol–water partition coefficient (Wildman–Crippen LogP) is 2.30. The molecular formula is C13H18BrN3. The van der Waals surface area contributed by atoms with Crippen LogP contribution in [-0.4, -0.2) is 28.0 Å². The van der Waals surface area contributed by atoms with Crippen molar-refractivity contribution < 1.29 is 0 Å². The molecule has 2 unspecified atom stereocenters. The third-order valence-corrected chi connectivity index (χ3v) is 4.52. The van der Waals surface area contributed by atoms with Gasteiger partial charge in [0.05, 0.1) is 5.69 Å². The maximum absolute atomic E-state index is 6.08. The van der Waals surface area contributed by atoms with Crippen LogP contribution in [0.4, 0.5) is 0 Å². The Morgan fingerprint density at radius 3 is 2.59 bits per heavy atom. The molecule has 2 N–H and O–H groups in total. The summed E-state index contributed by atoms with van der Waals surface area (Å²) < 4.78 is 1.05. The lowest BCUT2D eigenvalue weighted by atomic mass is 9.98. The highest BCUT2D eigenvalue weighted by molar-refractivity contribution is 9.10. The summed E-state index contributed by atoms with van der Waals surface area (Å²) in [5.41, 5.74) is 7.25. The van der Waals surface area contributed by atoms with E-state index in [4.69, 9.17) is 5.73 Å². The summed E-state index contributed by atoms with van der Waals surface area (Å²) in [5.74, 6) is 0. The first-order valence-corrected chi connectivity index (χ1v) is 7.13. The number of aromatic nitrogens is 1. The van der Waals surface area contributed by atoms with Gasteiger partial charge in [0, 0.05) is 35.3 Å². The molecule has 3 heterocycles. The summed E-state index contributed by atoms with van der Waals surface area (Å²) >= 11 is 3.42. The van der Waals surface area contributed by atoms with Gasteiger partial charge in [0.15, 0.2) is 0 Å². The Morgan fingerprint density at radius 2 is 2.00 bits per heavy atom. The molecule has 2 aliphatic rings. The number of hydrogen-bond donors (Lipinski definition) is 1. The molecule has 2 aliphatic heterocycles. The molecule has 1 aromatic rings. The van der Waals surface area contributed by atoms with E-state index in [-0.39, 0.29) is 0 Å². The monoisotopic (exact) mass is 295 g/mol. The van der Waals surface area contributed by atoms with E-state index in [0.29, 0.717) is 18.1 Å². The number of piperidine rings is 1. The van der Waals surface area contributed by atoms with Crippen LogP contribution in [0.3, 0.4) is 0 Å². The van der Waals surface area contributed by atoms with E-state index in [9.17, 15) is 0 Å². The maximum atomic E-state index is 6.08. The van der Waals surface area contributed by atoms with Gasteiger partial charge in [0.2, 0.25) is 0 Å². The Balaban J connectivity index is 1.72. The van der Waals surface area contributed by atoms with Gasteiger partial charge in [-0.1, -0.05) is 0 Å². The first kappa shape index (κ1) is 11.6. The highest BCUT2D eigenvalue weighted by Crippen LogP contribution is 2.35. The van der Waals surface area contributed by atoms with Crippen LogP contribution in [0, 0.1) is 0 Å². The molecule has 3 rings (SSSR count). The van der Waals surface area contributed by atoms with Gasteiger partial charge < -0.3 is 5.73 Å². The molecule has 2 saturated heterocycles. The van der Waals surface area contributed by atoms with Gasteiger partial charge in [-0.2, -0.15) is 0 Å². The molecule has 17 heavy (non-hydrogen) atoms. The normalized spacial score (nSPS) is 32.9. The Morgan fingerprint density at radius 1 is 1.29 bits per heavy atom. The van der Waals surface area contributed by atoms with Crippen LogP contribution in [0.25, 0.3) is 0 Å². The van der Waals surface area contributed by atoms with E-state index in [1.54, 1.807) is 0 Å². The zero-order chi connectivity index (χ0) is 11.8. The fourth-order valence-electron chi connectivity index (χ4n) is 3.26. The minimum atomic E-state index is 0.418. The highest BCUT2D eigenvalue weighted by Gasteiger charge is 2.39. The molecular weight excluding hydrogens is 278 g/mol. The van der Waals surface area contributed by atoms with E-state index >= 15 is 0 Å². The summed E-state index contributed by atoms with van der Waals surface area (Å²) in [5, 5.41) is 0. The average Bonchev–Trinajstić information content (AvgIpc) is 2.56. The summed E-state index contributed by atoms with van der Waals surface area (Å²) in [6, 6.07) is 5.97. The molecule has 92 valence electrons. The lowest BCUT2D eigenvalue weighted by Crippen LogP contribution is -2.46. The third-order valence-electron chi connectivity index (χ3n) is 4.05. The van der Waals surface area contributed by atoms with E-state index in [1.807, 2.05) is 6.20 Å². The van der Waals surface area contributed by atoms with Crippen molar-refractivity contribution in [3.8, 4) is 0 Å². The van der Waals surface area contributed by atoms with Crippen LogP contribution < -0.4 is 5.73 Å². The zero-order valence-electron chi connectivity index (χ0n) is 9.85. The van der Waals surface area contributed by atoms with Crippen molar-refractivity contribution in [2.75, 3.05) is 0 Å². The van der Waals surface area contributed by atoms with E-state index in [1.165, 1.54) is 18.5 Å². The second-order valence-corrected chi connectivity index (χ2v) is 6.17. The number of halogens is 1. The Kier molecular flexibility index (Phi) is 3.19. The summed E-state index contributed by atoms with van der Waals surface area (Å²) in [7, 11) is 0. The van der Waals surface area contributed by atoms with Crippen molar-refractivity contribution >= 4 is 15.9 Å². The van der Waals surface area contributed by atoms with Gasteiger partial charge in [-0.3, -0.25) is 9.88 Å². The third kappa shape index (κ3) is 2.39. The molecule has 0 saturated carbocycles. The number of fused-ring (bicyclic) bond motifs is 2. The average molecular weight is 296 g/mol. The smallest absolute Gasteiger partial charge is 0.0545 e. The lowest BCUT2D eigenvalue weighted by molar-refractivity contribution is 0.118. The first-order chi connectivity index (χ1) is 8.22. The van der Waals surface area contributed by atoms with Crippen LogP contribution >= 0.6 is 15.9 Å². The molecule has 0 spiro atoms. The van der Waals surface area contributed by atoms with Crippen molar-refractivity contribution in [1.29, 1.82) is 0 Å². The lowest BCUT2D eigenvalue weighted by Gasteiger charge is -2.37. The summed E-state index contributed by atoms with van der Waals surface area (Å²) in [4.78, 5) is 7.08. The zero-order valence-corrected chi connectivity index (χ0v) is 11.4. The van der Waals surface area contributed by atoms with E-state index in [2.05, 4.69) is 37.9 Å². The molecule has 3 nitrogen and oxygen atoms in total. The topological polar surface area (TPSA) is 42.1 Å². The minimum Gasteiger partial charge on any atom is -0.328 e. The van der Waals surface area contributed by atoms with Gasteiger partial charge in [-0.15, -0.1) is 0 Å². The minimum absolute atomic E-state index is 0.418. The fraction of sp³-hybridized carbons (Fsp3) is 0.615. The molecule has 2 bridgehead atoms. The van der Waals surface area contributed by atoms with Crippen LogP contribution in [0.15, 0.2) is 22.8 Å². The Hall–Kier alpha value is -0.450. The molecule has 2 atom stereocenters. The van der Waals surface area contributed by atoms with Gasteiger partial charge in [-0.25, -0.2) is 0 Å². The maximum Gasteiger partial charge on any atom is 0.0545 e. The van der Waals surface area contributed by atoms with Gasteiger partial charge in [0.1, 0.15) is 0 Å². The largest absolute Gasteiger partial charge is 0.328 e. The van der Waals surface area contributed by atoms with Gasteiger partial charge in [0.25, 0.3) is 0 Å². The van der Waals surface area contributed by atoms with Crippen LogP contribution in [0.1, 0.15) is 31.4 Å². The van der Waals surface area contributed by atoms with E-state index in [0.717, 1.165) is 23.9 Å². The molecule has 2 fully saturated rings.